The van der Waals surface area contributed by atoms with Crippen molar-refractivity contribution in [3.05, 3.63) is 60.2 Å². The van der Waals surface area contributed by atoms with Gasteiger partial charge < -0.3 is 0 Å². The molecule has 0 amide bonds. The van der Waals surface area contributed by atoms with Gasteiger partial charge in [-0.3, -0.25) is 0 Å². The van der Waals surface area contributed by atoms with Crippen LogP contribution in [0.15, 0.2) is 68.2 Å². The Morgan fingerprint density at radius 3 is 2.05 bits per heavy atom. The van der Waals surface area contributed by atoms with Gasteiger partial charge in [-0.25, -0.2) is 0 Å². The number of sulfonamides is 1. The molecule has 0 bridgehead atoms. The largest absolute Gasteiger partial charge is 0.288 e. The molecule has 2 rings (SSSR count). The van der Waals surface area contributed by atoms with Crippen molar-refractivity contribution in [1.82, 2.24) is 0 Å². The molecule has 0 aliphatic carbocycles. The van der Waals surface area contributed by atoms with Gasteiger partial charge in [0.25, 0.3) is 10.0 Å². The summed E-state index contributed by atoms with van der Waals surface area (Å²) in [5.74, 6) is 0. The van der Waals surface area contributed by atoms with Gasteiger partial charge in [0.1, 0.15) is 0 Å². The molecule has 0 radical (unpaired) electrons. The number of hydrogen-bond donors (Lipinski definition) is 0. The van der Waals surface area contributed by atoms with E-state index >= 15 is 0 Å². The van der Waals surface area contributed by atoms with Crippen LogP contribution in [0.5, 0.6) is 0 Å². The molecular weight excluding hydrogens is 302 g/mol. The van der Waals surface area contributed by atoms with Crippen molar-refractivity contribution in [3.8, 4) is 0 Å². The first-order valence-corrected chi connectivity index (χ1v) is 9.41. The van der Waals surface area contributed by atoms with E-state index in [1.807, 2.05) is 51.1 Å². The molecule has 0 saturated carbocycles. The fourth-order valence-electron chi connectivity index (χ4n) is 1.82. The van der Waals surface area contributed by atoms with Crippen LogP contribution < -0.4 is 0 Å². The molecule has 0 unspecified atom stereocenters. The minimum Gasteiger partial charge on any atom is -0.199 e. The van der Waals surface area contributed by atoms with E-state index < -0.39 is 20.7 Å². The zero-order chi connectivity index (χ0) is 15.5. The fraction of sp³-hybridized carbons (Fsp3) is 0.250. The predicted molar refractivity (Wildman–Crippen MR) is 88.0 cm³/mol. The normalized spacial score (nSPS) is 13.5. The zero-order valence-corrected chi connectivity index (χ0v) is 14.0. The Hall–Kier alpha value is -1.46. The molecule has 2 aromatic rings. The van der Waals surface area contributed by atoms with Crippen LogP contribution in [-0.2, 0) is 20.7 Å². The van der Waals surface area contributed by atoms with Crippen molar-refractivity contribution >= 4 is 20.7 Å². The lowest BCUT2D eigenvalue weighted by atomic mass is 10.2. The first-order valence-electron chi connectivity index (χ1n) is 6.73. The van der Waals surface area contributed by atoms with E-state index in [0.29, 0.717) is 0 Å². The molecule has 2 aromatic carbocycles. The van der Waals surface area contributed by atoms with E-state index in [9.17, 15) is 8.42 Å². The highest BCUT2D eigenvalue weighted by Crippen LogP contribution is 2.20. The van der Waals surface area contributed by atoms with Crippen molar-refractivity contribution < 1.29 is 8.42 Å². The van der Waals surface area contributed by atoms with Crippen molar-refractivity contribution in [1.29, 1.82) is 0 Å². The summed E-state index contributed by atoms with van der Waals surface area (Å²) >= 11 is 0. The first-order chi connectivity index (χ1) is 9.90. The lowest BCUT2D eigenvalue weighted by molar-refractivity contribution is 0.598. The van der Waals surface area contributed by atoms with Gasteiger partial charge in [-0.2, -0.15) is 8.42 Å². The molecule has 21 heavy (non-hydrogen) atoms. The van der Waals surface area contributed by atoms with Crippen molar-refractivity contribution in [2.24, 2.45) is 3.77 Å². The molecule has 0 N–H and O–H groups in total. The molecule has 0 fully saturated rings. The Labute approximate surface area is 129 Å². The fourth-order valence-corrected chi connectivity index (χ4v) is 5.50. The summed E-state index contributed by atoms with van der Waals surface area (Å²) < 4.78 is 29.1. The molecule has 112 valence electrons. The number of hydrogen-bond acceptors (Lipinski definition) is 2. The summed E-state index contributed by atoms with van der Waals surface area (Å²) in [4.78, 5) is 1.20. The highest BCUT2D eigenvalue weighted by Gasteiger charge is 2.16. The van der Waals surface area contributed by atoms with Crippen LogP contribution in [0.3, 0.4) is 0 Å². The minimum absolute atomic E-state index is 0.132. The van der Waals surface area contributed by atoms with Gasteiger partial charge in [0, 0.05) is 10.1 Å². The third kappa shape index (κ3) is 4.02. The molecular formula is C16H19NO2S2. The Morgan fingerprint density at radius 1 is 0.952 bits per heavy atom. The topological polar surface area (TPSA) is 46.5 Å². The summed E-state index contributed by atoms with van der Waals surface area (Å²) in [5.41, 5.74) is 1.03. The molecule has 0 saturated heterocycles. The number of benzene rings is 2. The van der Waals surface area contributed by atoms with Crippen molar-refractivity contribution in [2.45, 2.75) is 35.8 Å². The Morgan fingerprint density at radius 2 is 1.52 bits per heavy atom. The lowest BCUT2D eigenvalue weighted by Crippen LogP contribution is -2.09. The van der Waals surface area contributed by atoms with Gasteiger partial charge in [-0.05, 0) is 41.9 Å². The van der Waals surface area contributed by atoms with Gasteiger partial charge in [-0.1, -0.05) is 49.7 Å². The number of rotatable bonds is 4. The van der Waals surface area contributed by atoms with E-state index in [2.05, 4.69) is 3.77 Å². The van der Waals surface area contributed by atoms with Gasteiger partial charge in [-0.15, -0.1) is 3.77 Å². The third-order valence-corrected chi connectivity index (χ3v) is 6.87. The summed E-state index contributed by atoms with van der Waals surface area (Å²) in [5, 5.41) is 0.132. The molecule has 0 aliphatic heterocycles. The number of nitrogens with zero attached hydrogens (tertiary/aromatic N) is 1. The number of aryl methyl sites for hydroxylation is 1. The van der Waals surface area contributed by atoms with E-state index in [1.54, 1.807) is 24.3 Å². The second kappa shape index (κ2) is 6.54. The molecule has 1 atom stereocenters. The maximum Gasteiger partial charge on any atom is 0.288 e. The Balaban J connectivity index is 2.49. The highest BCUT2D eigenvalue weighted by atomic mass is 32.3. The van der Waals surface area contributed by atoms with Crippen LogP contribution in [0.25, 0.3) is 0 Å². The van der Waals surface area contributed by atoms with Crippen LogP contribution >= 0.6 is 0 Å². The van der Waals surface area contributed by atoms with Gasteiger partial charge in [0.15, 0.2) is 0 Å². The quantitative estimate of drug-likeness (QED) is 0.856. The predicted octanol–water partition coefficient (Wildman–Crippen LogP) is 3.95. The molecule has 0 aromatic heterocycles. The SMILES string of the molecule is Cc1ccc(S(=O)(=O)N=[S@@](c2ccccc2)C(C)C)cc1. The average molecular weight is 321 g/mol. The van der Waals surface area contributed by atoms with E-state index in [0.717, 1.165) is 10.5 Å². The molecule has 3 nitrogen and oxygen atoms in total. The third-order valence-electron chi connectivity index (χ3n) is 2.93. The van der Waals surface area contributed by atoms with Crippen molar-refractivity contribution in [3.63, 3.8) is 0 Å². The molecule has 0 spiro atoms. The van der Waals surface area contributed by atoms with Crippen LogP contribution in [0.1, 0.15) is 19.4 Å². The maximum absolute atomic E-state index is 12.5. The molecule has 0 aliphatic rings. The summed E-state index contributed by atoms with van der Waals surface area (Å²) in [6.45, 7) is 5.91. The molecule has 5 heteroatoms. The zero-order valence-electron chi connectivity index (χ0n) is 12.4. The minimum atomic E-state index is -3.63. The van der Waals surface area contributed by atoms with E-state index in [1.165, 1.54) is 0 Å². The van der Waals surface area contributed by atoms with Gasteiger partial charge >= 0.3 is 0 Å². The van der Waals surface area contributed by atoms with Gasteiger partial charge in [0.05, 0.1) is 4.90 Å². The standard InChI is InChI=1S/C16H19NO2S2/c1-13(2)20(15-7-5-4-6-8-15)17-21(18,19)16-11-9-14(3)10-12-16/h4-13H,1-3H3/t20-/m1/s1. The van der Waals surface area contributed by atoms with Crippen LogP contribution in [0.2, 0.25) is 0 Å². The lowest BCUT2D eigenvalue weighted by Gasteiger charge is -2.12. The van der Waals surface area contributed by atoms with Gasteiger partial charge in [0.2, 0.25) is 0 Å². The smallest absolute Gasteiger partial charge is 0.199 e. The summed E-state index contributed by atoms with van der Waals surface area (Å²) in [6, 6.07) is 16.4. The van der Waals surface area contributed by atoms with Crippen molar-refractivity contribution in [2.75, 3.05) is 0 Å². The maximum atomic E-state index is 12.5. The Kier molecular flexibility index (Phi) is 4.96. The average Bonchev–Trinajstić information content (AvgIpc) is 2.46. The highest BCUT2D eigenvalue weighted by molar-refractivity contribution is 8.00. The second-order valence-corrected chi connectivity index (χ2v) is 9.10. The second-order valence-electron chi connectivity index (χ2n) is 5.04. The first kappa shape index (κ1) is 15.9. The Bertz CT molecular complexity index is 734. The summed E-state index contributed by atoms with van der Waals surface area (Å²) in [6.07, 6.45) is 0. The van der Waals surface area contributed by atoms with E-state index in [-0.39, 0.29) is 10.1 Å². The summed E-state index contributed by atoms with van der Waals surface area (Å²) in [7, 11) is -4.31. The van der Waals surface area contributed by atoms with E-state index in [4.69, 9.17) is 0 Å². The van der Waals surface area contributed by atoms with Crippen LogP contribution in [-0.4, -0.2) is 13.7 Å². The van der Waals surface area contributed by atoms with Crippen LogP contribution in [0, 0.1) is 6.92 Å². The van der Waals surface area contributed by atoms with Crippen LogP contribution in [0.4, 0.5) is 0 Å². The monoisotopic (exact) mass is 321 g/mol. The molecule has 0 heterocycles.